The largest absolute Gasteiger partial charge is 0.277 e. The van der Waals surface area contributed by atoms with Gasteiger partial charge in [0.15, 0.2) is 0 Å². The van der Waals surface area contributed by atoms with Crippen molar-refractivity contribution >= 4 is 12.6 Å². The van der Waals surface area contributed by atoms with Crippen LogP contribution in [0.4, 0.5) is 0 Å². The molecule has 0 N–H and O–H groups in total. The minimum atomic E-state index is 0.467. The second-order valence-electron chi connectivity index (χ2n) is 2.38. The van der Waals surface area contributed by atoms with Crippen molar-refractivity contribution < 1.29 is 0 Å². The first kappa shape index (κ1) is 9.08. The summed E-state index contributed by atoms with van der Waals surface area (Å²) in [6.07, 6.45) is 3.24. The smallest absolute Gasteiger partial charge is 0.109 e. The van der Waals surface area contributed by atoms with E-state index in [2.05, 4.69) is 30.4 Å². The zero-order valence-corrected chi connectivity index (χ0v) is 6.83. The fourth-order valence-corrected chi connectivity index (χ4v) is 0.345. The van der Waals surface area contributed by atoms with E-state index in [9.17, 15) is 0 Å². The van der Waals surface area contributed by atoms with E-state index in [1.807, 2.05) is 0 Å². The Morgan fingerprint density at radius 1 is 1.50 bits per heavy atom. The molecule has 0 aromatic rings. The van der Waals surface area contributed by atoms with Crippen molar-refractivity contribution in [1.82, 2.24) is 0 Å². The molecule has 2 heteroatoms. The molecule has 0 unspecified atom stereocenters. The van der Waals surface area contributed by atoms with E-state index < -0.39 is 0 Å². The van der Waals surface area contributed by atoms with Crippen molar-refractivity contribution in [3.05, 3.63) is 12.2 Å². The highest BCUT2D eigenvalue weighted by Crippen LogP contribution is 2.02. The average molecular weight is 138 g/mol. The molecule has 56 valence electrons. The summed E-state index contributed by atoms with van der Waals surface area (Å²) in [7, 11) is 1.69. The van der Waals surface area contributed by atoms with Crippen molar-refractivity contribution in [2.24, 2.45) is 15.9 Å². The first-order chi connectivity index (χ1) is 4.68. The van der Waals surface area contributed by atoms with Crippen molar-refractivity contribution in [3.63, 3.8) is 0 Å². The predicted octanol–water partition coefficient (Wildman–Crippen LogP) is 1.93. The third kappa shape index (κ3) is 4.01. The molecule has 0 saturated heterocycles. The average Bonchev–Trinajstić information content (AvgIpc) is 1.88. The van der Waals surface area contributed by atoms with Crippen LogP contribution in [0.2, 0.25) is 0 Å². The van der Waals surface area contributed by atoms with Crippen molar-refractivity contribution in [1.29, 1.82) is 0 Å². The number of hydrogen-bond donors (Lipinski definition) is 0. The Morgan fingerprint density at radius 3 is 2.50 bits per heavy atom. The highest BCUT2D eigenvalue weighted by molar-refractivity contribution is 5.84. The minimum Gasteiger partial charge on any atom is -0.277 e. The molecule has 0 heterocycles. The molecule has 0 aliphatic heterocycles. The van der Waals surface area contributed by atoms with Gasteiger partial charge in [-0.3, -0.25) is 4.99 Å². The Morgan fingerprint density at radius 2 is 2.10 bits per heavy atom. The Labute approximate surface area is 62.4 Å². The molecule has 0 aliphatic rings. The van der Waals surface area contributed by atoms with Crippen LogP contribution in [-0.2, 0) is 0 Å². The molecule has 0 fully saturated rings. The summed E-state index contributed by atoms with van der Waals surface area (Å²) in [5.41, 5.74) is 1.03. The number of rotatable bonds is 3. The van der Waals surface area contributed by atoms with Gasteiger partial charge in [-0.1, -0.05) is 20.4 Å². The molecule has 0 rings (SSSR count). The summed E-state index contributed by atoms with van der Waals surface area (Å²) in [6.45, 7) is 7.98. The molecule has 0 aromatic heterocycles. The zero-order chi connectivity index (χ0) is 7.98. The van der Waals surface area contributed by atoms with Gasteiger partial charge in [0.05, 0.1) is 0 Å². The van der Waals surface area contributed by atoms with Gasteiger partial charge in [0.2, 0.25) is 0 Å². The van der Waals surface area contributed by atoms with Gasteiger partial charge in [0.25, 0.3) is 0 Å². The number of nitrogens with zero attached hydrogens (tertiary/aromatic N) is 2. The molecular formula is C8H14N2. The van der Waals surface area contributed by atoms with Crippen LogP contribution in [0.25, 0.3) is 0 Å². The van der Waals surface area contributed by atoms with Crippen LogP contribution in [0.3, 0.4) is 0 Å². The van der Waals surface area contributed by atoms with E-state index in [-0.39, 0.29) is 0 Å². The van der Waals surface area contributed by atoms with E-state index in [4.69, 9.17) is 0 Å². The van der Waals surface area contributed by atoms with E-state index in [0.717, 1.165) is 5.57 Å². The summed E-state index contributed by atoms with van der Waals surface area (Å²) in [5.74, 6) is 0.467. The topological polar surface area (TPSA) is 24.7 Å². The number of aliphatic imine (C=N–C) groups is 2. The molecule has 0 spiro atoms. The highest BCUT2D eigenvalue weighted by Gasteiger charge is 1.93. The number of allylic oxidation sites excluding steroid dienone is 1. The van der Waals surface area contributed by atoms with Gasteiger partial charge in [0, 0.05) is 13.3 Å². The van der Waals surface area contributed by atoms with Crippen LogP contribution in [0.1, 0.15) is 13.8 Å². The quantitative estimate of drug-likeness (QED) is 0.420. The van der Waals surface area contributed by atoms with Gasteiger partial charge in [-0.25, -0.2) is 4.99 Å². The Balaban J connectivity index is 3.78. The molecule has 0 radical (unpaired) electrons. The van der Waals surface area contributed by atoms with Crippen LogP contribution in [0.15, 0.2) is 22.1 Å². The number of hydrogen-bond acceptors (Lipinski definition) is 1. The van der Waals surface area contributed by atoms with Gasteiger partial charge >= 0.3 is 0 Å². The van der Waals surface area contributed by atoms with Crippen LogP contribution in [0.5, 0.6) is 0 Å². The van der Waals surface area contributed by atoms with Gasteiger partial charge in [0.1, 0.15) is 6.34 Å². The lowest BCUT2D eigenvalue weighted by Crippen LogP contribution is -1.92. The lowest BCUT2D eigenvalue weighted by molar-refractivity contribution is 0.810. The van der Waals surface area contributed by atoms with E-state index in [1.165, 1.54) is 6.34 Å². The second kappa shape index (κ2) is 4.91. The van der Waals surface area contributed by atoms with Gasteiger partial charge in [-0.15, -0.1) is 0 Å². The van der Waals surface area contributed by atoms with Crippen LogP contribution < -0.4 is 0 Å². The fraction of sp³-hybridized carbons (Fsp3) is 0.500. The van der Waals surface area contributed by atoms with E-state index in [0.29, 0.717) is 5.92 Å². The van der Waals surface area contributed by atoms with E-state index in [1.54, 1.807) is 13.3 Å². The molecule has 0 bridgehead atoms. The lowest BCUT2D eigenvalue weighted by Gasteiger charge is -1.99. The maximum Gasteiger partial charge on any atom is 0.109 e. The zero-order valence-electron chi connectivity index (χ0n) is 6.83. The third-order valence-corrected chi connectivity index (χ3v) is 1.16. The molecule has 0 atom stereocenters. The second-order valence-corrected chi connectivity index (χ2v) is 2.38. The summed E-state index contributed by atoms with van der Waals surface area (Å²) < 4.78 is 0. The molecule has 0 amide bonds. The van der Waals surface area contributed by atoms with Gasteiger partial charge in [-0.2, -0.15) is 0 Å². The van der Waals surface area contributed by atoms with Crippen molar-refractivity contribution in [2.45, 2.75) is 13.8 Å². The Hall–Kier alpha value is -0.920. The molecule has 0 aromatic carbocycles. The fourth-order valence-electron chi connectivity index (χ4n) is 0.345. The SMILES string of the molecule is C=C(/C=N\C=N/C)C(C)C. The summed E-state index contributed by atoms with van der Waals surface area (Å²) in [6, 6.07) is 0. The third-order valence-electron chi connectivity index (χ3n) is 1.16. The predicted molar refractivity (Wildman–Crippen MR) is 46.9 cm³/mol. The molecule has 2 nitrogen and oxygen atoms in total. The maximum atomic E-state index is 3.89. The van der Waals surface area contributed by atoms with Gasteiger partial charge < -0.3 is 0 Å². The summed E-state index contributed by atoms with van der Waals surface area (Å²) in [4.78, 5) is 7.60. The van der Waals surface area contributed by atoms with Crippen LogP contribution in [-0.4, -0.2) is 19.6 Å². The maximum absolute atomic E-state index is 3.89. The summed E-state index contributed by atoms with van der Waals surface area (Å²) in [5, 5.41) is 0. The molecule has 0 saturated carbocycles. The molecule has 0 aliphatic carbocycles. The van der Waals surface area contributed by atoms with Crippen LogP contribution >= 0.6 is 0 Å². The first-order valence-electron chi connectivity index (χ1n) is 3.31. The monoisotopic (exact) mass is 138 g/mol. The summed E-state index contributed by atoms with van der Waals surface area (Å²) >= 11 is 0. The van der Waals surface area contributed by atoms with E-state index >= 15 is 0 Å². The van der Waals surface area contributed by atoms with Crippen molar-refractivity contribution in [2.75, 3.05) is 7.05 Å². The van der Waals surface area contributed by atoms with Crippen LogP contribution in [0, 0.1) is 5.92 Å². The Bertz CT molecular complexity index is 155. The van der Waals surface area contributed by atoms with Crippen molar-refractivity contribution in [3.8, 4) is 0 Å². The van der Waals surface area contributed by atoms with Gasteiger partial charge in [-0.05, 0) is 11.5 Å². The Kier molecular flexibility index (Phi) is 4.46. The molecule has 10 heavy (non-hydrogen) atoms. The standard InChI is InChI=1S/C8H14N2/c1-7(2)8(3)5-10-6-9-4/h5-7H,3H2,1-2,4H3/b9-6-,10-5-. The highest BCUT2D eigenvalue weighted by atomic mass is 14.8. The lowest BCUT2D eigenvalue weighted by atomic mass is 10.1. The minimum absolute atomic E-state index is 0.467. The normalized spacial score (nSPS) is 12.0. The first-order valence-corrected chi connectivity index (χ1v) is 3.31. The molecular weight excluding hydrogens is 124 g/mol.